The van der Waals surface area contributed by atoms with Crippen LogP contribution in [0.5, 0.6) is 0 Å². The van der Waals surface area contributed by atoms with Crippen LogP contribution in [0.3, 0.4) is 0 Å². The first-order chi connectivity index (χ1) is 8.33. The summed E-state index contributed by atoms with van der Waals surface area (Å²) < 4.78 is 0. The molecule has 0 amide bonds. The van der Waals surface area contributed by atoms with E-state index in [0.717, 1.165) is 25.2 Å². The zero-order valence-electron chi connectivity index (χ0n) is 9.50. The van der Waals surface area contributed by atoms with Crippen LogP contribution < -0.4 is 10.6 Å². The van der Waals surface area contributed by atoms with Crippen molar-refractivity contribution in [2.75, 3.05) is 17.2 Å². The van der Waals surface area contributed by atoms with Gasteiger partial charge in [0, 0.05) is 12.2 Å². The van der Waals surface area contributed by atoms with Crippen LogP contribution in [-0.2, 0) is 13.0 Å². The molecule has 0 fully saturated rings. The quantitative estimate of drug-likeness (QED) is 0.845. The van der Waals surface area contributed by atoms with Crippen molar-refractivity contribution in [3.8, 4) is 0 Å². The molecule has 86 valence electrons. The van der Waals surface area contributed by atoms with Crippen LogP contribution in [-0.4, -0.2) is 16.5 Å². The van der Waals surface area contributed by atoms with Gasteiger partial charge in [0.2, 0.25) is 0 Å². The fourth-order valence-corrected chi connectivity index (χ4v) is 2.21. The van der Waals surface area contributed by atoms with Gasteiger partial charge in [-0.15, -0.1) is 0 Å². The highest BCUT2D eigenvalue weighted by Gasteiger charge is 2.18. The standard InChI is InChI=1S/C13H14N4/c14-13-8-15-11(7-16-13)9-17-6-5-10-3-1-2-4-12(10)17/h1-4,7-8H,5-6,9H2,(H2,14,16). The lowest BCUT2D eigenvalue weighted by atomic mass is 10.2. The molecule has 0 aliphatic carbocycles. The summed E-state index contributed by atoms with van der Waals surface area (Å²) >= 11 is 0. The summed E-state index contributed by atoms with van der Waals surface area (Å²) in [6.45, 7) is 1.84. The molecule has 0 radical (unpaired) electrons. The van der Waals surface area contributed by atoms with Gasteiger partial charge in [-0.05, 0) is 18.1 Å². The minimum Gasteiger partial charge on any atom is -0.382 e. The van der Waals surface area contributed by atoms with Crippen molar-refractivity contribution in [2.24, 2.45) is 0 Å². The summed E-state index contributed by atoms with van der Waals surface area (Å²) in [6, 6.07) is 8.51. The normalized spacial score (nSPS) is 13.8. The third-order valence-corrected chi connectivity index (χ3v) is 3.06. The lowest BCUT2D eigenvalue weighted by Gasteiger charge is -2.18. The van der Waals surface area contributed by atoms with E-state index in [1.54, 1.807) is 12.4 Å². The van der Waals surface area contributed by atoms with Gasteiger partial charge < -0.3 is 10.6 Å². The average molecular weight is 226 g/mol. The Morgan fingerprint density at radius 3 is 2.88 bits per heavy atom. The molecule has 4 heteroatoms. The van der Waals surface area contributed by atoms with E-state index in [4.69, 9.17) is 5.73 Å². The molecule has 1 aliphatic rings. The molecule has 0 bridgehead atoms. The Morgan fingerprint density at radius 2 is 2.06 bits per heavy atom. The molecule has 1 aliphatic heterocycles. The molecule has 4 nitrogen and oxygen atoms in total. The van der Waals surface area contributed by atoms with Crippen LogP contribution in [0.1, 0.15) is 11.3 Å². The molecule has 1 aromatic heterocycles. The molecule has 0 spiro atoms. The molecule has 0 unspecified atom stereocenters. The molecule has 3 rings (SSSR count). The van der Waals surface area contributed by atoms with Crippen molar-refractivity contribution in [3.63, 3.8) is 0 Å². The van der Waals surface area contributed by atoms with E-state index in [2.05, 4.69) is 39.1 Å². The zero-order valence-corrected chi connectivity index (χ0v) is 9.50. The van der Waals surface area contributed by atoms with Gasteiger partial charge in [0.15, 0.2) is 0 Å². The van der Waals surface area contributed by atoms with Gasteiger partial charge in [0.1, 0.15) is 5.82 Å². The summed E-state index contributed by atoms with van der Waals surface area (Å²) in [5.74, 6) is 0.468. The molecule has 2 aromatic rings. The van der Waals surface area contributed by atoms with Crippen LogP contribution >= 0.6 is 0 Å². The Kier molecular flexibility index (Phi) is 2.40. The average Bonchev–Trinajstić information content (AvgIpc) is 2.76. The number of hydrogen-bond donors (Lipinski definition) is 1. The predicted molar refractivity (Wildman–Crippen MR) is 67.6 cm³/mol. The van der Waals surface area contributed by atoms with Crippen molar-refractivity contribution in [1.82, 2.24) is 9.97 Å². The van der Waals surface area contributed by atoms with Crippen molar-refractivity contribution in [2.45, 2.75) is 13.0 Å². The Labute approximate surface area is 100 Å². The van der Waals surface area contributed by atoms with E-state index in [1.807, 2.05) is 0 Å². The number of aromatic nitrogens is 2. The summed E-state index contributed by atoms with van der Waals surface area (Å²) in [4.78, 5) is 10.7. The van der Waals surface area contributed by atoms with E-state index < -0.39 is 0 Å². The monoisotopic (exact) mass is 226 g/mol. The Morgan fingerprint density at radius 1 is 1.18 bits per heavy atom. The lowest BCUT2D eigenvalue weighted by molar-refractivity contribution is 0.809. The highest BCUT2D eigenvalue weighted by Crippen LogP contribution is 2.28. The minimum atomic E-state index is 0.468. The highest BCUT2D eigenvalue weighted by molar-refractivity contribution is 5.57. The maximum atomic E-state index is 5.52. The van der Waals surface area contributed by atoms with E-state index >= 15 is 0 Å². The summed E-state index contributed by atoms with van der Waals surface area (Å²) in [6.07, 6.45) is 4.46. The number of hydrogen-bond acceptors (Lipinski definition) is 4. The second-order valence-electron chi connectivity index (χ2n) is 4.23. The first-order valence-electron chi connectivity index (χ1n) is 5.72. The third kappa shape index (κ3) is 1.93. The van der Waals surface area contributed by atoms with E-state index in [0.29, 0.717) is 5.82 Å². The Hall–Kier alpha value is -2.10. The van der Waals surface area contributed by atoms with Crippen LogP contribution in [0.4, 0.5) is 11.5 Å². The molecule has 2 heterocycles. The van der Waals surface area contributed by atoms with E-state index in [1.165, 1.54) is 11.3 Å². The SMILES string of the molecule is Nc1cnc(CN2CCc3ccccc32)cn1. The van der Waals surface area contributed by atoms with Crippen molar-refractivity contribution in [3.05, 3.63) is 47.9 Å². The third-order valence-electron chi connectivity index (χ3n) is 3.06. The van der Waals surface area contributed by atoms with Gasteiger partial charge in [0.25, 0.3) is 0 Å². The smallest absolute Gasteiger partial charge is 0.141 e. The second-order valence-corrected chi connectivity index (χ2v) is 4.23. The summed E-state index contributed by atoms with van der Waals surface area (Å²) in [5.41, 5.74) is 9.20. The molecular formula is C13H14N4. The van der Waals surface area contributed by atoms with Crippen LogP contribution in [0.2, 0.25) is 0 Å². The number of benzene rings is 1. The lowest BCUT2D eigenvalue weighted by Crippen LogP contribution is -2.20. The topological polar surface area (TPSA) is 55.0 Å². The fourth-order valence-electron chi connectivity index (χ4n) is 2.21. The number of nitrogen functional groups attached to an aromatic ring is 1. The molecule has 0 saturated heterocycles. The Balaban J connectivity index is 1.81. The number of para-hydroxylation sites is 1. The fraction of sp³-hybridized carbons (Fsp3) is 0.231. The zero-order chi connectivity index (χ0) is 11.7. The van der Waals surface area contributed by atoms with Gasteiger partial charge in [-0.3, -0.25) is 4.98 Å². The number of nitrogens with two attached hydrogens (primary N) is 1. The largest absolute Gasteiger partial charge is 0.382 e. The maximum Gasteiger partial charge on any atom is 0.141 e. The minimum absolute atomic E-state index is 0.468. The van der Waals surface area contributed by atoms with Crippen molar-refractivity contribution >= 4 is 11.5 Å². The van der Waals surface area contributed by atoms with Crippen LogP contribution in [0.25, 0.3) is 0 Å². The van der Waals surface area contributed by atoms with Crippen molar-refractivity contribution < 1.29 is 0 Å². The van der Waals surface area contributed by atoms with Gasteiger partial charge in [0.05, 0.1) is 24.6 Å². The maximum absolute atomic E-state index is 5.52. The molecule has 2 N–H and O–H groups in total. The summed E-state index contributed by atoms with van der Waals surface area (Å²) in [7, 11) is 0. The molecule has 1 aromatic carbocycles. The first kappa shape index (κ1) is 10.1. The predicted octanol–water partition coefficient (Wildman–Crippen LogP) is 1.62. The van der Waals surface area contributed by atoms with Gasteiger partial charge >= 0.3 is 0 Å². The second kappa shape index (κ2) is 4.05. The van der Waals surface area contributed by atoms with E-state index in [9.17, 15) is 0 Å². The van der Waals surface area contributed by atoms with Gasteiger partial charge in [-0.2, -0.15) is 0 Å². The number of anilines is 2. The number of nitrogens with zero attached hydrogens (tertiary/aromatic N) is 3. The van der Waals surface area contributed by atoms with Crippen LogP contribution in [0, 0.1) is 0 Å². The Bertz CT molecular complexity index is 521. The van der Waals surface area contributed by atoms with Crippen molar-refractivity contribution in [1.29, 1.82) is 0 Å². The summed E-state index contributed by atoms with van der Waals surface area (Å²) in [5, 5.41) is 0. The van der Waals surface area contributed by atoms with Gasteiger partial charge in [-0.1, -0.05) is 18.2 Å². The molecule has 17 heavy (non-hydrogen) atoms. The number of rotatable bonds is 2. The molecule has 0 saturated carbocycles. The van der Waals surface area contributed by atoms with Crippen LogP contribution in [0.15, 0.2) is 36.7 Å². The van der Waals surface area contributed by atoms with E-state index in [-0.39, 0.29) is 0 Å². The number of fused-ring (bicyclic) bond motifs is 1. The highest BCUT2D eigenvalue weighted by atomic mass is 15.2. The first-order valence-corrected chi connectivity index (χ1v) is 5.72. The van der Waals surface area contributed by atoms with Gasteiger partial charge in [-0.25, -0.2) is 4.98 Å². The molecule has 0 atom stereocenters. The molecular weight excluding hydrogens is 212 g/mol.